The van der Waals surface area contributed by atoms with Crippen LogP contribution in [-0.4, -0.2) is 53.7 Å². The van der Waals surface area contributed by atoms with Crippen molar-refractivity contribution in [3.05, 3.63) is 53.5 Å². The molecule has 0 saturated heterocycles. The molecule has 0 saturated carbocycles. The summed E-state index contributed by atoms with van der Waals surface area (Å²) in [6, 6.07) is 4.01. The molecule has 1 aliphatic heterocycles. The number of halogens is 1. The molecule has 5 aromatic rings. The Morgan fingerprint density at radius 3 is 2.48 bits per heavy atom. The highest BCUT2D eigenvalue weighted by molar-refractivity contribution is 6.33. The summed E-state index contributed by atoms with van der Waals surface area (Å²) < 4.78 is 5.45. The molecule has 11 nitrogen and oxygen atoms in total. The Morgan fingerprint density at radius 2 is 1.71 bits per heavy atom. The topological polar surface area (TPSA) is 143 Å². The molecule has 4 aromatic heterocycles. The number of aliphatic imine (C=N–C) groups is 1. The smallest absolute Gasteiger partial charge is 0.160 e. The third kappa shape index (κ3) is 3.62. The average molecular weight is 435 g/mol. The lowest BCUT2D eigenvalue weighted by molar-refractivity contribution is 0.416. The van der Waals surface area contributed by atoms with Gasteiger partial charge in [0.15, 0.2) is 11.3 Å². The first-order chi connectivity index (χ1) is 15.2. The summed E-state index contributed by atoms with van der Waals surface area (Å²) in [5.41, 5.74) is 4.45. The van der Waals surface area contributed by atoms with Crippen LogP contribution >= 0.6 is 11.6 Å². The van der Waals surface area contributed by atoms with Gasteiger partial charge >= 0.3 is 0 Å². The van der Waals surface area contributed by atoms with Crippen LogP contribution in [0.5, 0.6) is 5.75 Å². The molecule has 0 fully saturated rings. The van der Waals surface area contributed by atoms with Gasteiger partial charge in [-0.25, -0.2) is 19.9 Å². The van der Waals surface area contributed by atoms with Gasteiger partial charge in [0.2, 0.25) is 0 Å². The number of H-pyrrole nitrogens is 2. The number of nitrogens with one attached hydrogen (secondary N) is 3. The lowest BCUT2D eigenvalue weighted by atomic mass is 10.1. The van der Waals surface area contributed by atoms with E-state index in [9.17, 15) is 0 Å². The number of rotatable bonds is 3. The van der Waals surface area contributed by atoms with Crippen molar-refractivity contribution in [1.82, 2.24) is 40.3 Å². The number of ether oxygens (including phenoxy) is 1. The maximum absolute atomic E-state index is 5.69. The fraction of sp³-hybridized carbons (Fsp3) is 0.105. The van der Waals surface area contributed by atoms with Crippen LogP contribution in [-0.2, 0) is 6.54 Å². The second-order valence-electron chi connectivity index (χ2n) is 6.50. The van der Waals surface area contributed by atoms with Crippen molar-refractivity contribution in [1.29, 1.82) is 0 Å². The van der Waals surface area contributed by atoms with Gasteiger partial charge in [-0.05, 0) is 23.3 Å². The number of nitrogens with zero attached hydrogens (tertiary/aromatic N) is 7. The molecule has 31 heavy (non-hydrogen) atoms. The zero-order chi connectivity index (χ0) is 21.2. The zero-order valence-corrected chi connectivity index (χ0v) is 16.9. The maximum atomic E-state index is 5.69. The number of aromatic nitrogens is 8. The predicted molar refractivity (Wildman–Crippen MR) is 116 cm³/mol. The fourth-order valence-electron chi connectivity index (χ4n) is 3.13. The summed E-state index contributed by atoms with van der Waals surface area (Å²) in [6.07, 6.45) is 8.04. The van der Waals surface area contributed by atoms with Crippen molar-refractivity contribution >= 4 is 51.4 Å². The van der Waals surface area contributed by atoms with Crippen molar-refractivity contribution in [3.8, 4) is 5.75 Å². The van der Waals surface area contributed by atoms with Gasteiger partial charge < -0.3 is 10.1 Å². The molecule has 0 aliphatic carbocycles. The van der Waals surface area contributed by atoms with Gasteiger partial charge in [-0.1, -0.05) is 11.6 Å². The zero-order valence-electron chi connectivity index (χ0n) is 16.2. The molecule has 12 heteroatoms. The van der Waals surface area contributed by atoms with E-state index in [0.717, 1.165) is 33.3 Å². The normalized spacial score (nSPS) is 11.9. The SMILES string of the molecule is COc1cc2c(cc1Nc1ncnc3[nH]ncc13)C=NC2.Clc1ncnc2[nH]ncc12. The minimum Gasteiger partial charge on any atom is -0.495 e. The van der Waals surface area contributed by atoms with Crippen molar-refractivity contribution < 1.29 is 4.74 Å². The van der Waals surface area contributed by atoms with Gasteiger partial charge in [-0.2, -0.15) is 10.2 Å². The van der Waals surface area contributed by atoms with Crippen molar-refractivity contribution in [2.45, 2.75) is 6.54 Å². The Kier molecular flexibility index (Phi) is 4.84. The van der Waals surface area contributed by atoms with Crippen LogP contribution < -0.4 is 10.1 Å². The summed E-state index contributed by atoms with van der Waals surface area (Å²) in [7, 11) is 1.65. The Morgan fingerprint density at radius 1 is 0.968 bits per heavy atom. The highest BCUT2D eigenvalue weighted by Gasteiger charge is 2.14. The Balaban J connectivity index is 0.000000171. The molecule has 0 amide bonds. The molecular formula is C19H15ClN10O. The molecule has 5 heterocycles. The largest absolute Gasteiger partial charge is 0.495 e. The van der Waals surface area contributed by atoms with Gasteiger partial charge in [0.05, 0.1) is 42.5 Å². The van der Waals surface area contributed by atoms with Crippen LogP contribution in [0.1, 0.15) is 11.1 Å². The van der Waals surface area contributed by atoms with E-state index in [1.165, 1.54) is 12.7 Å². The first-order valence-electron chi connectivity index (χ1n) is 9.14. The number of methoxy groups -OCH3 is 1. The number of fused-ring (bicyclic) bond motifs is 3. The van der Waals surface area contributed by atoms with Crippen molar-refractivity contribution in [3.63, 3.8) is 0 Å². The standard InChI is InChI=1S/C14H12N6O.C5H3ClN4/c1-21-12-3-9-5-15-4-8(9)2-11(12)19-13-10-6-18-20-14(10)17-7-16-13;6-4-3-1-9-10-5(3)8-2-7-4/h2-4,6-7H,5H2,1H3,(H2,16,17,18,19,20);1-2H,(H,7,8,9,10). The fourth-order valence-corrected chi connectivity index (χ4v) is 3.31. The van der Waals surface area contributed by atoms with Gasteiger partial charge in [0.1, 0.15) is 29.4 Å². The van der Waals surface area contributed by atoms with Crippen LogP contribution in [0.4, 0.5) is 11.5 Å². The predicted octanol–water partition coefficient (Wildman–Crippen LogP) is 3.04. The monoisotopic (exact) mass is 434 g/mol. The quantitative estimate of drug-likeness (QED) is 0.368. The molecule has 0 radical (unpaired) electrons. The second-order valence-corrected chi connectivity index (χ2v) is 6.86. The third-order valence-corrected chi connectivity index (χ3v) is 4.95. The Hall–Kier alpha value is -4.12. The molecule has 1 aromatic carbocycles. The van der Waals surface area contributed by atoms with E-state index in [1.807, 2.05) is 18.3 Å². The summed E-state index contributed by atoms with van der Waals surface area (Å²) in [6.45, 7) is 0.700. The highest BCUT2D eigenvalue weighted by Crippen LogP contribution is 2.33. The number of hydrogen-bond acceptors (Lipinski definition) is 9. The molecule has 6 rings (SSSR count). The number of benzene rings is 1. The van der Waals surface area contributed by atoms with Crippen LogP contribution in [0.2, 0.25) is 5.15 Å². The molecule has 154 valence electrons. The minimum atomic E-state index is 0.429. The minimum absolute atomic E-state index is 0.429. The first-order valence-corrected chi connectivity index (χ1v) is 9.52. The van der Waals surface area contributed by atoms with Gasteiger partial charge in [0.25, 0.3) is 0 Å². The summed E-state index contributed by atoms with van der Waals surface area (Å²) in [5.74, 6) is 1.44. The second kappa shape index (κ2) is 7.95. The van der Waals surface area contributed by atoms with E-state index < -0.39 is 0 Å². The highest BCUT2D eigenvalue weighted by atomic mass is 35.5. The van der Waals surface area contributed by atoms with Crippen molar-refractivity contribution in [2.24, 2.45) is 4.99 Å². The Labute approximate surface area is 180 Å². The van der Waals surface area contributed by atoms with E-state index in [4.69, 9.17) is 16.3 Å². The molecule has 3 N–H and O–H groups in total. The molecule has 0 bridgehead atoms. The van der Waals surface area contributed by atoms with Gasteiger partial charge in [-0.15, -0.1) is 0 Å². The maximum Gasteiger partial charge on any atom is 0.160 e. The molecule has 1 aliphatic rings. The summed E-state index contributed by atoms with van der Waals surface area (Å²) >= 11 is 5.69. The van der Waals surface area contributed by atoms with E-state index in [-0.39, 0.29) is 0 Å². The van der Waals surface area contributed by atoms with Crippen LogP contribution in [0.25, 0.3) is 22.1 Å². The van der Waals surface area contributed by atoms with Crippen LogP contribution in [0, 0.1) is 0 Å². The average Bonchev–Trinajstić information content (AvgIpc) is 3.54. The summed E-state index contributed by atoms with van der Waals surface area (Å²) in [4.78, 5) is 20.3. The van der Waals surface area contributed by atoms with Gasteiger partial charge in [0, 0.05) is 6.21 Å². The summed E-state index contributed by atoms with van der Waals surface area (Å²) in [5, 5.41) is 18.5. The molecular weight excluding hydrogens is 420 g/mol. The van der Waals surface area contributed by atoms with Crippen LogP contribution in [0.3, 0.4) is 0 Å². The van der Waals surface area contributed by atoms with E-state index in [2.05, 4.69) is 50.6 Å². The van der Waals surface area contributed by atoms with E-state index >= 15 is 0 Å². The van der Waals surface area contributed by atoms with Gasteiger partial charge in [-0.3, -0.25) is 15.2 Å². The van der Waals surface area contributed by atoms with Crippen LogP contribution in [0.15, 0.2) is 42.2 Å². The molecule has 0 spiro atoms. The Bertz CT molecular complexity index is 1410. The lowest BCUT2D eigenvalue weighted by Crippen LogP contribution is -2.00. The first kappa shape index (κ1) is 18.9. The van der Waals surface area contributed by atoms with Crippen molar-refractivity contribution in [2.75, 3.05) is 12.4 Å². The molecule has 0 atom stereocenters. The lowest BCUT2D eigenvalue weighted by Gasteiger charge is -2.12. The molecule has 0 unspecified atom stereocenters. The number of aromatic amines is 2. The third-order valence-electron chi connectivity index (χ3n) is 4.65. The van der Waals surface area contributed by atoms with E-state index in [0.29, 0.717) is 28.8 Å². The van der Waals surface area contributed by atoms with E-state index in [1.54, 1.807) is 19.5 Å². The number of anilines is 2. The number of hydrogen-bond donors (Lipinski definition) is 3.